The van der Waals surface area contributed by atoms with Crippen LogP contribution >= 0.6 is 7.82 Å². The molecule has 0 saturated carbocycles. The predicted molar refractivity (Wildman–Crippen MR) is 422 cm³/mol. The number of hydrogen-bond acceptors (Lipinski definition) is 8. The molecule has 0 aliphatic heterocycles. The molecule has 0 aliphatic rings. The van der Waals surface area contributed by atoms with Gasteiger partial charge < -0.3 is 20.1 Å². The van der Waals surface area contributed by atoms with Crippen molar-refractivity contribution in [2.24, 2.45) is 5.73 Å². The van der Waals surface area contributed by atoms with E-state index >= 15 is 0 Å². The zero-order chi connectivity index (χ0) is 70.0. The summed E-state index contributed by atoms with van der Waals surface area (Å²) in [5.74, 6) is -0.814. The number of allylic oxidation sites excluding steroid dienone is 20. The lowest BCUT2D eigenvalue weighted by atomic mass is 10.0. The monoisotopic (exact) mass is 1370 g/mol. The van der Waals surface area contributed by atoms with Gasteiger partial charge in [-0.15, -0.1) is 0 Å². The Labute approximate surface area is 600 Å². The maximum atomic E-state index is 12.8. The van der Waals surface area contributed by atoms with Gasteiger partial charge in [0, 0.05) is 19.4 Å². The summed E-state index contributed by atoms with van der Waals surface area (Å²) in [6, 6.07) is 0. The van der Waals surface area contributed by atoms with Crippen LogP contribution in [0.25, 0.3) is 0 Å². The first-order valence-electron chi connectivity index (χ1n) is 41.0. The van der Waals surface area contributed by atoms with Crippen molar-refractivity contribution >= 4 is 19.8 Å². The van der Waals surface area contributed by atoms with Crippen LogP contribution in [0, 0.1) is 0 Å². The highest BCUT2D eigenvalue weighted by molar-refractivity contribution is 7.47. The van der Waals surface area contributed by atoms with Gasteiger partial charge in [-0.2, -0.15) is 0 Å². The van der Waals surface area contributed by atoms with E-state index in [0.29, 0.717) is 6.42 Å². The summed E-state index contributed by atoms with van der Waals surface area (Å²) >= 11 is 0. The lowest BCUT2D eigenvalue weighted by Gasteiger charge is -2.19. The molecule has 0 amide bonds. The van der Waals surface area contributed by atoms with Gasteiger partial charge >= 0.3 is 19.8 Å². The number of carbonyl (C=O) groups excluding carboxylic acids is 2. The fourth-order valence-electron chi connectivity index (χ4n) is 11.8. The van der Waals surface area contributed by atoms with Crippen molar-refractivity contribution < 1.29 is 37.6 Å². The first-order valence-corrected chi connectivity index (χ1v) is 42.5. The van der Waals surface area contributed by atoms with Gasteiger partial charge in [0.15, 0.2) is 6.10 Å². The smallest absolute Gasteiger partial charge is 0.462 e. The molecular weight excluding hydrogens is 1220 g/mol. The van der Waals surface area contributed by atoms with Crippen molar-refractivity contribution in [1.82, 2.24) is 0 Å². The topological polar surface area (TPSA) is 134 Å². The van der Waals surface area contributed by atoms with Crippen LogP contribution in [-0.2, 0) is 32.7 Å². The third-order valence-corrected chi connectivity index (χ3v) is 18.8. The largest absolute Gasteiger partial charge is 0.472 e. The second-order valence-corrected chi connectivity index (χ2v) is 28.7. The standard InChI is InChI=1S/C87H154NO8P/c1-3-5-7-9-11-13-15-17-19-21-23-25-27-29-31-33-35-37-39-41-42-44-45-47-49-51-53-55-57-59-61-63-65-67-69-71-73-75-77-79-86(89)93-83-85(84-95-97(91,92)94-82-81-88)96-87(90)80-78-76-74-72-70-68-66-64-62-60-58-56-54-52-50-48-46-43-40-38-36-34-32-30-28-26-24-22-20-18-16-14-12-10-8-6-4-2/h6,8,12,14-15,17-18,20-21,23-24,26-27,29-30,32,36,38,43,46,85H,3-5,7,9-11,13,16,19,22,25,28,31,33-35,37,39-42,44-45,47-84,88H2,1-2H3,(H,91,92)/b8-6-,14-12-,17-15-,20-18-,23-21-,26-24-,29-27-,32-30-,38-36-,46-43-. The number of nitrogens with two attached hydrogens (primary N) is 1. The normalized spacial score (nSPS) is 13.5. The van der Waals surface area contributed by atoms with E-state index in [1.165, 1.54) is 257 Å². The molecular formula is C87H154NO8P. The maximum absolute atomic E-state index is 12.8. The minimum Gasteiger partial charge on any atom is -0.462 e. The number of hydrogen-bond donors (Lipinski definition) is 2. The number of esters is 2. The van der Waals surface area contributed by atoms with Gasteiger partial charge in [-0.1, -0.05) is 386 Å². The van der Waals surface area contributed by atoms with Crippen LogP contribution in [0.1, 0.15) is 386 Å². The van der Waals surface area contributed by atoms with Crippen LogP contribution in [0.15, 0.2) is 122 Å². The number of ether oxygens (including phenoxy) is 2. The zero-order valence-electron chi connectivity index (χ0n) is 63.3. The lowest BCUT2D eigenvalue weighted by Crippen LogP contribution is -2.29. The lowest BCUT2D eigenvalue weighted by molar-refractivity contribution is -0.161. The number of rotatable bonds is 77. The van der Waals surface area contributed by atoms with Crippen LogP contribution < -0.4 is 5.73 Å². The third-order valence-electron chi connectivity index (χ3n) is 17.8. The molecule has 0 fully saturated rings. The molecule has 0 saturated heterocycles. The quantitative estimate of drug-likeness (QED) is 0.0264. The van der Waals surface area contributed by atoms with Gasteiger partial charge in [0.05, 0.1) is 13.2 Å². The van der Waals surface area contributed by atoms with Crippen molar-refractivity contribution in [3.63, 3.8) is 0 Å². The molecule has 2 unspecified atom stereocenters. The molecule has 0 aromatic rings. The van der Waals surface area contributed by atoms with E-state index in [-0.39, 0.29) is 38.6 Å². The number of phosphoric ester groups is 1. The van der Waals surface area contributed by atoms with E-state index in [0.717, 1.165) is 96.3 Å². The van der Waals surface area contributed by atoms with Crippen molar-refractivity contribution in [2.45, 2.75) is 392 Å². The number of phosphoric acid groups is 1. The van der Waals surface area contributed by atoms with Crippen LogP contribution in [0.4, 0.5) is 0 Å². The van der Waals surface area contributed by atoms with Crippen LogP contribution in [0.3, 0.4) is 0 Å². The highest BCUT2D eigenvalue weighted by Crippen LogP contribution is 2.43. The van der Waals surface area contributed by atoms with E-state index < -0.39 is 26.5 Å². The zero-order valence-corrected chi connectivity index (χ0v) is 64.2. The van der Waals surface area contributed by atoms with Crippen molar-refractivity contribution in [2.75, 3.05) is 26.4 Å². The summed E-state index contributed by atoms with van der Waals surface area (Å²) < 4.78 is 33.3. The van der Waals surface area contributed by atoms with E-state index in [1.54, 1.807) is 0 Å². The van der Waals surface area contributed by atoms with Gasteiger partial charge in [-0.3, -0.25) is 18.6 Å². The maximum Gasteiger partial charge on any atom is 0.472 e. The van der Waals surface area contributed by atoms with Gasteiger partial charge in [-0.25, -0.2) is 4.57 Å². The Balaban J connectivity index is 3.80. The minimum absolute atomic E-state index is 0.0515. The Bertz CT molecular complexity index is 2020. The van der Waals surface area contributed by atoms with Gasteiger partial charge in [0.25, 0.3) is 0 Å². The molecule has 0 aromatic heterocycles. The molecule has 560 valence electrons. The molecule has 2 atom stereocenters. The molecule has 0 spiro atoms. The fourth-order valence-corrected chi connectivity index (χ4v) is 12.6. The van der Waals surface area contributed by atoms with Gasteiger partial charge in [0.2, 0.25) is 0 Å². The highest BCUT2D eigenvalue weighted by atomic mass is 31.2. The summed E-state index contributed by atoms with van der Waals surface area (Å²) in [5, 5.41) is 0. The second-order valence-electron chi connectivity index (χ2n) is 27.3. The van der Waals surface area contributed by atoms with Crippen molar-refractivity contribution in [3.8, 4) is 0 Å². The van der Waals surface area contributed by atoms with Crippen LogP contribution in [0.2, 0.25) is 0 Å². The first-order chi connectivity index (χ1) is 47.8. The molecule has 0 rings (SSSR count). The fraction of sp³-hybridized carbons (Fsp3) is 0.747. The molecule has 0 bridgehead atoms. The summed E-state index contributed by atoms with van der Waals surface area (Å²) in [4.78, 5) is 35.5. The predicted octanol–water partition coefficient (Wildman–Crippen LogP) is 27.8. The Morgan fingerprint density at radius 3 is 0.845 bits per heavy atom. The average molecular weight is 1370 g/mol. The summed E-state index contributed by atoms with van der Waals surface area (Å²) in [6.45, 7) is 3.66. The van der Waals surface area contributed by atoms with E-state index in [9.17, 15) is 19.0 Å². The molecule has 0 radical (unpaired) electrons. The molecule has 0 aliphatic carbocycles. The molecule has 3 N–H and O–H groups in total. The summed E-state index contributed by atoms with van der Waals surface area (Å²) in [6.07, 6.45) is 115. The van der Waals surface area contributed by atoms with Crippen molar-refractivity contribution in [3.05, 3.63) is 122 Å². The molecule has 10 heteroatoms. The van der Waals surface area contributed by atoms with Gasteiger partial charge in [0.1, 0.15) is 6.61 Å². The molecule has 0 aromatic carbocycles. The number of carbonyl (C=O) groups is 2. The number of unbranched alkanes of at least 4 members (excludes halogenated alkanes) is 44. The molecule has 9 nitrogen and oxygen atoms in total. The van der Waals surface area contributed by atoms with Crippen LogP contribution in [-0.4, -0.2) is 49.3 Å². The van der Waals surface area contributed by atoms with Gasteiger partial charge in [-0.05, 0) is 109 Å². The Morgan fingerprint density at radius 1 is 0.320 bits per heavy atom. The summed E-state index contributed by atoms with van der Waals surface area (Å²) in [5.41, 5.74) is 5.42. The first kappa shape index (κ1) is 93.4. The van der Waals surface area contributed by atoms with E-state index in [2.05, 4.69) is 135 Å². The Kier molecular flexibility index (Phi) is 78.4. The average Bonchev–Trinajstić information content (AvgIpc) is 2.17. The molecule has 97 heavy (non-hydrogen) atoms. The van der Waals surface area contributed by atoms with Crippen LogP contribution in [0.5, 0.6) is 0 Å². The molecule has 0 heterocycles. The highest BCUT2D eigenvalue weighted by Gasteiger charge is 2.26. The second kappa shape index (κ2) is 81.4. The van der Waals surface area contributed by atoms with E-state index in [4.69, 9.17) is 24.3 Å². The Hall–Kier alpha value is -3.59. The van der Waals surface area contributed by atoms with Crippen molar-refractivity contribution in [1.29, 1.82) is 0 Å². The summed E-state index contributed by atoms with van der Waals surface area (Å²) in [7, 11) is -4.40. The Morgan fingerprint density at radius 2 is 0.567 bits per heavy atom. The minimum atomic E-state index is -4.40. The SMILES string of the molecule is CC/C=C\C/C=C\C/C=C\C/C=C\C/C=C\C/C=C\C/C=C\CCCCCCCCCCCCCCCCCC(=O)OC(COC(=O)CCCCCCCCCCCCCCCCCCCCCCCCCC/C=C\C/C=C\C/C=C\CCCCCCC)COP(=O)(O)OCCN. The van der Waals surface area contributed by atoms with E-state index in [1.807, 2.05) is 0 Å². The third kappa shape index (κ3) is 81.3.